The van der Waals surface area contributed by atoms with Crippen molar-refractivity contribution in [1.29, 1.82) is 0 Å². The Morgan fingerprint density at radius 2 is 2.08 bits per heavy atom. The molecular weight excluding hydrogens is 164 g/mol. The van der Waals surface area contributed by atoms with Gasteiger partial charge in [0.1, 0.15) is 0 Å². The molecule has 2 nitrogen and oxygen atoms in total. The first-order chi connectivity index (χ1) is 6.20. The predicted molar refractivity (Wildman–Crippen MR) is 55.8 cm³/mol. The number of aliphatic hydroxyl groups excluding tert-OH is 1. The fourth-order valence-corrected chi connectivity index (χ4v) is 1.05. The van der Waals surface area contributed by atoms with E-state index >= 15 is 0 Å². The van der Waals surface area contributed by atoms with Crippen LogP contribution >= 0.6 is 0 Å². The van der Waals surface area contributed by atoms with E-state index < -0.39 is 0 Å². The molecule has 0 amide bonds. The molecular formula is C11H22O2. The molecule has 1 N–H and O–H groups in total. The van der Waals surface area contributed by atoms with Crippen molar-refractivity contribution in [3.63, 3.8) is 0 Å². The van der Waals surface area contributed by atoms with Gasteiger partial charge in [-0.1, -0.05) is 26.0 Å². The van der Waals surface area contributed by atoms with Crippen LogP contribution in [0.3, 0.4) is 0 Å². The molecule has 0 aromatic heterocycles. The van der Waals surface area contributed by atoms with E-state index in [4.69, 9.17) is 4.74 Å². The fourth-order valence-electron chi connectivity index (χ4n) is 1.05. The van der Waals surface area contributed by atoms with Crippen LogP contribution in [0.2, 0.25) is 0 Å². The molecule has 0 aromatic rings. The molecule has 0 saturated carbocycles. The quantitative estimate of drug-likeness (QED) is 0.466. The van der Waals surface area contributed by atoms with Gasteiger partial charge in [-0.15, -0.1) is 0 Å². The van der Waals surface area contributed by atoms with Crippen LogP contribution in [0, 0.1) is 0 Å². The van der Waals surface area contributed by atoms with Gasteiger partial charge in [0.2, 0.25) is 0 Å². The fraction of sp³-hybridized carbons (Fsp3) is 0.818. The van der Waals surface area contributed by atoms with Gasteiger partial charge in [-0.2, -0.15) is 0 Å². The van der Waals surface area contributed by atoms with E-state index in [1.165, 1.54) is 0 Å². The van der Waals surface area contributed by atoms with E-state index in [-0.39, 0.29) is 6.10 Å². The third-order valence-corrected chi connectivity index (χ3v) is 1.97. The van der Waals surface area contributed by atoms with Crippen molar-refractivity contribution >= 4 is 0 Å². The largest absolute Gasteiger partial charge is 0.393 e. The molecule has 0 rings (SSSR count). The van der Waals surface area contributed by atoms with Gasteiger partial charge in [-0.25, -0.2) is 0 Å². The lowest BCUT2D eigenvalue weighted by atomic mass is 10.1. The summed E-state index contributed by atoms with van der Waals surface area (Å²) in [5, 5.41) is 9.51. The molecule has 0 fully saturated rings. The van der Waals surface area contributed by atoms with Gasteiger partial charge in [-0.3, -0.25) is 0 Å². The third-order valence-electron chi connectivity index (χ3n) is 1.97. The number of aliphatic hydroxyl groups is 1. The number of rotatable bonds is 8. The molecule has 0 aliphatic heterocycles. The second kappa shape index (κ2) is 8.27. The van der Waals surface area contributed by atoms with Crippen LogP contribution in [0.15, 0.2) is 12.2 Å². The molecule has 0 radical (unpaired) electrons. The summed E-state index contributed by atoms with van der Waals surface area (Å²) in [6.07, 6.45) is 3.15. The summed E-state index contributed by atoms with van der Waals surface area (Å²) in [6.45, 7) is 9.45. The molecule has 1 atom stereocenters. The first-order valence-corrected chi connectivity index (χ1v) is 5.13. The van der Waals surface area contributed by atoms with Crippen molar-refractivity contribution in [2.75, 3.05) is 13.2 Å². The molecule has 0 heterocycles. The summed E-state index contributed by atoms with van der Waals surface area (Å²) in [6, 6.07) is 0. The average molecular weight is 186 g/mol. The Morgan fingerprint density at radius 1 is 1.38 bits per heavy atom. The minimum absolute atomic E-state index is 0.274. The normalized spacial score (nSPS) is 12.8. The Balaban J connectivity index is 3.29. The van der Waals surface area contributed by atoms with Gasteiger partial charge >= 0.3 is 0 Å². The van der Waals surface area contributed by atoms with Gasteiger partial charge in [0.15, 0.2) is 0 Å². The summed E-state index contributed by atoms with van der Waals surface area (Å²) in [4.78, 5) is 0. The van der Waals surface area contributed by atoms with Gasteiger partial charge in [-0.05, 0) is 25.7 Å². The number of hydrogen-bond acceptors (Lipinski definition) is 2. The van der Waals surface area contributed by atoms with Crippen LogP contribution in [0.5, 0.6) is 0 Å². The molecule has 0 aromatic carbocycles. The minimum Gasteiger partial charge on any atom is -0.393 e. The highest BCUT2D eigenvalue weighted by atomic mass is 16.5. The molecule has 0 spiro atoms. The van der Waals surface area contributed by atoms with Gasteiger partial charge in [0.25, 0.3) is 0 Å². The Bertz CT molecular complexity index is 132. The van der Waals surface area contributed by atoms with E-state index in [0.29, 0.717) is 13.0 Å². The molecule has 0 aliphatic rings. The molecule has 0 aliphatic carbocycles. The lowest BCUT2D eigenvalue weighted by Gasteiger charge is -2.11. The molecule has 0 bridgehead atoms. The number of ether oxygens (including phenoxy) is 1. The van der Waals surface area contributed by atoms with Crippen LogP contribution < -0.4 is 0 Å². The highest BCUT2D eigenvalue weighted by Crippen LogP contribution is 2.09. The van der Waals surface area contributed by atoms with E-state index in [1.54, 1.807) is 0 Å². The predicted octanol–water partition coefficient (Wildman–Crippen LogP) is 2.52. The summed E-state index contributed by atoms with van der Waals surface area (Å²) in [7, 11) is 0. The standard InChI is InChI=1S/C11H22O2/c1-4-7-13-8-6-11(12)9-10(3)5-2/h11-12H,3-9H2,1-2H3. The highest BCUT2D eigenvalue weighted by Gasteiger charge is 2.04. The zero-order valence-electron chi connectivity index (χ0n) is 8.88. The van der Waals surface area contributed by atoms with Crippen molar-refractivity contribution in [3.8, 4) is 0 Å². The Kier molecular flexibility index (Phi) is 8.05. The SMILES string of the molecule is C=C(CC)CC(O)CCOCCC. The van der Waals surface area contributed by atoms with Crippen LogP contribution in [0.1, 0.15) is 39.5 Å². The van der Waals surface area contributed by atoms with Gasteiger partial charge < -0.3 is 9.84 Å². The van der Waals surface area contributed by atoms with E-state index in [1.807, 2.05) is 0 Å². The smallest absolute Gasteiger partial charge is 0.0599 e. The Morgan fingerprint density at radius 3 is 2.62 bits per heavy atom. The zero-order valence-corrected chi connectivity index (χ0v) is 8.88. The molecule has 1 unspecified atom stereocenters. The number of hydrogen-bond donors (Lipinski definition) is 1. The Hall–Kier alpha value is -0.340. The van der Waals surface area contributed by atoms with Crippen molar-refractivity contribution in [2.45, 2.75) is 45.6 Å². The maximum absolute atomic E-state index is 9.51. The van der Waals surface area contributed by atoms with Gasteiger partial charge in [0.05, 0.1) is 6.10 Å². The van der Waals surface area contributed by atoms with Crippen LogP contribution in [0.25, 0.3) is 0 Å². The van der Waals surface area contributed by atoms with Crippen LogP contribution in [-0.4, -0.2) is 24.4 Å². The first kappa shape index (κ1) is 12.7. The highest BCUT2D eigenvalue weighted by molar-refractivity contribution is 4.94. The monoisotopic (exact) mass is 186 g/mol. The van der Waals surface area contributed by atoms with Crippen LogP contribution in [0.4, 0.5) is 0 Å². The maximum atomic E-state index is 9.51. The topological polar surface area (TPSA) is 29.5 Å². The molecule has 13 heavy (non-hydrogen) atoms. The van der Waals surface area contributed by atoms with Crippen LogP contribution in [-0.2, 0) is 4.74 Å². The maximum Gasteiger partial charge on any atom is 0.0599 e. The summed E-state index contributed by atoms with van der Waals surface area (Å²) < 4.78 is 5.28. The molecule has 0 saturated heterocycles. The Labute approximate surface area is 81.6 Å². The lowest BCUT2D eigenvalue weighted by molar-refractivity contribution is 0.0822. The first-order valence-electron chi connectivity index (χ1n) is 5.13. The lowest BCUT2D eigenvalue weighted by Crippen LogP contribution is -2.11. The third kappa shape index (κ3) is 8.00. The molecule has 78 valence electrons. The van der Waals surface area contributed by atoms with E-state index in [0.717, 1.165) is 31.4 Å². The molecule has 2 heteroatoms. The van der Waals surface area contributed by atoms with Gasteiger partial charge in [0, 0.05) is 13.2 Å². The summed E-state index contributed by atoms with van der Waals surface area (Å²) in [5.74, 6) is 0. The second-order valence-electron chi connectivity index (χ2n) is 3.36. The summed E-state index contributed by atoms with van der Waals surface area (Å²) in [5.41, 5.74) is 1.11. The zero-order chi connectivity index (χ0) is 10.1. The minimum atomic E-state index is -0.274. The van der Waals surface area contributed by atoms with E-state index in [2.05, 4.69) is 20.4 Å². The summed E-state index contributed by atoms with van der Waals surface area (Å²) >= 11 is 0. The van der Waals surface area contributed by atoms with Crippen molar-refractivity contribution in [2.24, 2.45) is 0 Å². The van der Waals surface area contributed by atoms with Crippen molar-refractivity contribution in [1.82, 2.24) is 0 Å². The van der Waals surface area contributed by atoms with Crippen molar-refractivity contribution < 1.29 is 9.84 Å². The second-order valence-corrected chi connectivity index (χ2v) is 3.36. The van der Waals surface area contributed by atoms with Crippen molar-refractivity contribution in [3.05, 3.63) is 12.2 Å². The van der Waals surface area contributed by atoms with E-state index in [9.17, 15) is 5.11 Å². The average Bonchev–Trinajstić information content (AvgIpc) is 2.12.